The number of aromatic amines is 1. The summed E-state index contributed by atoms with van der Waals surface area (Å²) in [7, 11) is 0. The van der Waals surface area contributed by atoms with E-state index in [0.29, 0.717) is 22.3 Å². The van der Waals surface area contributed by atoms with Gasteiger partial charge < -0.3 is 14.8 Å². The Hall–Kier alpha value is -4.08. The van der Waals surface area contributed by atoms with Crippen molar-refractivity contribution >= 4 is 22.5 Å². The predicted molar refractivity (Wildman–Crippen MR) is 108 cm³/mol. The van der Waals surface area contributed by atoms with Crippen LogP contribution in [0.3, 0.4) is 0 Å². The van der Waals surface area contributed by atoms with E-state index in [4.69, 9.17) is 4.52 Å². The highest BCUT2D eigenvalue weighted by Crippen LogP contribution is 2.27. The highest BCUT2D eigenvalue weighted by molar-refractivity contribution is 6.00. The fourth-order valence-electron chi connectivity index (χ4n) is 3.12. The zero-order chi connectivity index (χ0) is 21.3. The summed E-state index contributed by atoms with van der Waals surface area (Å²) in [5.74, 6) is 0.161. The Labute approximate surface area is 170 Å². The molecule has 10 nitrogen and oxygen atoms in total. The quantitative estimate of drug-likeness (QED) is 0.368. The van der Waals surface area contributed by atoms with E-state index in [1.54, 1.807) is 36.7 Å². The van der Waals surface area contributed by atoms with Crippen LogP contribution in [0.25, 0.3) is 22.3 Å². The smallest absolute Gasteiger partial charge is 0.293 e. The first kappa shape index (κ1) is 19.2. The Morgan fingerprint density at radius 1 is 1.27 bits per heavy atom. The number of para-hydroxylation sites is 1. The fourth-order valence-corrected chi connectivity index (χ4v) is 3.12. The Balaban J connectivity index is 1.60. The van der Waals surface area contributed by atoms with Crippen LogP contribution in [0, 0.1) is 16.0 Å². The van der Waals surface area contributed by atoms with E-state index >= 15 is 0 Å². The van der Waals surface area contributed by atoms with Crippen molar-refractivity contribution in [2.75, 3.05) is 0 Å². The molecule has 0 aliphatic heterocycles. The molecule has 0 spiro atoms. The number of hydrogen-bond acceptors (Lipinski definition) is 7. The Bertz CT molecular complexity index is 1210. The zero-order valence-corrected chi connectivity index (χ0v) is 16.2. The van der Waals surface area contributed by atoms with Crippen LogP contribution in [0.5, 0.6) is 0 Å². The second-order valence-electron chi connectivity index (χ2n) is 7.07. The molecular formula is C20H18N6O4. The van der Waals surface area contributed by atoms with Gasteiger partial charge in [0, 0.05) is 29.4 Å². The number of pyridine rings is 1. The maximum absolute atomic E-state index is 12.8. The highest BCUT2D eigenvalue weighted by atomic mass is 16.6. The van der Waals surface area contributed by atoms with Crippen LogP contribution >= 0.6 is 0 Å². The molecular weight excluding hydrogens is 388 g/mol. The van der Waals surface area contributed by atoms with Crippen molar-refractivity contribution in [1.29, 1.82) is 0 Å². The molecule has 0 aliphatic rings. The summed E-state index contributed by atoms with van der Waals surface area (Å²) in [5.41, 5.74) is 1.11. The number of carbonyl (C=O) groups excluding carboxylic acids is 1. The lowest BCUT2D eigenvalue weighted by molar-refractivity contribution is -0.383. The van der Waals surface area contributed by atoms with Gasteiger partial charge in [-0.25, -0.2) is 0 Å². The first-order chi connectivity index (χ1) is 14.4. The molecule has 4 rings (SSSR count). The van der Waals surface area contributed by atoms with Crippen molar-refractivity contribution in [3.05, 3.63) is 70.5 Å². The summed E-state index contributed by atoms with van der Waals surface area (Å²) in [4.78, 5) is 34.9. The molecule has 1 aromatic carbocycles. The van der Waals surface area contributed by atoms with Gasteiger partial charge >= 0.3 is 0 Å². The molecule has 1 atom stereocenters. The minimum Gasteiger partial charge on any atom is -0.345 e. The number of benzene rings is 1. The lowest BCUT2D eigenvalue weighted by atomic mass is 10.0. The van der Waals surface area contributed by atoms with Gasteiger partial charge in [-0.1, -0.05) is 31.1 Å². The molecule has 10 heteroatoms. The van der Waals surface area contributed by atoms with Gasteiger partial charge in [-0.3, -0.25) is 19.9 Å². The number of hydrogen-bond donors (Lipinski definition) is 2. The predicted octanol–water partition coefficient (Wildman–Crippen LogP) is 3.65. The molecule has 1 unspecified atom stereocenters. The van der Waals surface area contributed by atoms with Gasteiger partial charge in [0.05, 0.1) is 4.92 Å². The number of nitro groups is 1. The standard InChI is InChI=1S/C20H18N6O4/c1-11(2)16(20-24-18(25-30-20)13-6-4-8-21-10-13)23-19(27)14-9-12-5-3-7-15(26(28)29)17(12)22-14/h3-11,16,22H,1-2H3,(H,23,27). The normalized spacial score (nSPS) is 12.2. The average molecular weight is 406 g/mol. The van der Waals surface area contributed by atoms with Crippen LogP contribution in [0.4, 0.5) is 5.69 Å². The Morgan fingerprint density at radius 3 is 2.80 bits per heavy atom. The molecule has 4 aromatic rings. The summed E-state index contributed by atoms with van der Waals surface area (Å²) in [6, 6.07) is 9.26. The van der Waals surface area contributed by atoms with Gasteiger partial charge in [-0.15, -0.1) is 0 Å². The van der Waals surface area contributed by atoms with Gasteiger partial charge in [0.1, 0.15) is 17.3 Å². The van der Waals surface area contributed by atoms with Crippen LogP contribution in [0.1, 0.15) is 36.3 Å². The summed E-state index contributed by atoms with van der Waals surface area (Å²) in [6.45, 7) is 3.82. The summed E-state index contributed by atoms with van der Waals surface area (Å²) >= 11 is 0. The Morgan fingerprint density at radius 2 is 2.10 bits per heavy atom. The second-order valence-corrected chi connectivity index (χ2v) is 7.07. The maximum atomic E-state index is 12.8. The van der Waals surface area contributed by atoms with Crippen LogP contribution < -0.4 is 5.32 Å². The number of nitrogens with one attached hydrogen (secondary N) is 2. The van der Waals surface area contributed by atoms with Crippen LogP contribution in [-0.4, -0.2) is 30.9 Å². The van der Waals surface area contributed by atoms with Gasteiger partial charge in [-0.05, 0) is 24.1 Å². The number of H-pyrrole nitrogens is 1. The summed E-state index contributed by atoms with van der Waals surface area (Å²) in [6.07, 6.45) is 3.27. The maximum Gasteiger partial charge on any atom is 0.293 e. The first-order valence-corrected chi connectivity index (χ1v) is 9.25. The SMILES string of the molecule is CC(C)C(NC(=O)c1cc2cccc([N+](=O)[O-])c2[nH]1)c1nc(-c2cccnc2)no1. The topological polar surface area (TPSA) is 140 Å². The van der Waals surface area contributed by atoms with Crippen molar-refractivity contribution < 1.29 is 14.2 Å². The first-order valence-electron chi connectivity index (χ1n) is 9.25. The van der Waals surface area contributed by atoms with E-state index in [0.717, 1.165) is 0 Å². The number of nitro benzene ring substituents is 1. The van der Waals surface area contributed by atoms with E-state index in [-0.39, 0.29) is 23.2 Å². The number of amides is 1. The average Bonchev–Trinajstić information content (AvgIpc) is 3.39. The molecule has 30 heavy (non-hydrogen) atoms. The zero-order valence-electron chi connectivity index (χ0n) is 16.2. The van der Waals surface area contributed by atoms with Crippen molar-refractivity contribution in [2.24, 2.45) is 5.92 Å². The molecule has 0 aliphatic carbocycles. The molecule has 0 saturated carbocycles. The van der Waals surface area contributed by atoms with Crippen molar-refractivity contribution in [3.63, 3.8) is 0 Å². The van der Waals surface area contributed by atoms with Crippen LogP contribution in [-0.2, 0) is 0 Å². The van der Waals surface area contributed by atoms with E-state index in [1.807, 2.05) is 19.9 Å². The van der Waals surface area contributed by atoms with Gasteiger partial charge in [0.2, 0.25) is 11.7 Å². The number of aromatic nitrogens is 4. The van der Waals surface area contributed by atoms with E-state index in [1.165, 1.54) is 6.07 Å². The molecule has 3 aromatic heterocycles. The van der Waals surface area contributed by atoms with E-state index in [9.17, 15) is 14.9 Å². The third-order valence-corrected chi connectivity index (χ3v) is 4.66. The minimum absolute atomic E-state index is 0.0464. The summed E-state index contributed by atoms with van der Waals surface area (Å²) < 4.78 is 5.39. The van der Waals surface area contributed by atoms with Crippen molar-refractivity contribution in [1.82, 2.24) is 25.4 Å². The monoisotopic (exact) mass is 406 g/mol. The molecule has 0 saturated heterocycles. The van der Waals surface area contributed by atoms with Gasteiger partial charge in [0.25, 0.3) is 11.6 Å². The van der Waals surface area contributed by atoms with Crippen molar-refractivity contribution in [2.45, 2.75) is 19.9 Å². The highest BCUT2D eigenvalue weighted by Gasteiger charge is 2.26. The van der Waals surface area contributed by atoms with Gasteiger partial charge in [0.15, 0.2) is 0 Å². The number of carbonyl (C=O) groups is 1. The third kappa shape index (κ3) is 3.62. The second kappa shape index (κ2) is 7.74. The lowest BCUT2D eigenvalue weighted by Gasteiger charge is -2.18. The molecule has 0 radical (unpaired) electrons. The van der Waals surface area contributed by atoms with E-state index in [2.05, 4.69) is 25.4 Å². The fraction of sp³-hybridized carbons (Fsp3) is 0.200. The molecule has 152 valence electrons. The van der Waals surface area contributed by atoms with Gasteiger partial charge in [-0.2, -0.15) is 4.98 Å². The van der Waals surface area contributed by atoms with Crippen LogP contribution in [0.15, 0.2) is 53.3 Å². The number of nitrogens with zero attached hydrogens (tertiary/aromatic N) is 4. The molecule has 0 fully saturated rings. The Kier molecular flexibility index (Phi) is 4.97. The lowest BCUT2D eigenvalue weighted by Crippen LogP contribution is -2.32. The molecule has 1 amide bonds. The molecule has 2 N–H and O–H groups in total. The summed E-state index contributed by atoms with van der Waals surface area (Å²) in [5, 5.41) is 18.6. The molecule has 0 bridgehead atoms. The van der Waals surface area contributed by atoms with Crippen molar-refractivity contribution in [3.8, 4) is 11.4 Å². The number of fused-ring (bicyclic) bond motifs is 1. The molecule has 3 heterocycles. The van der Waals surface area contributed by atoms with E-state index < -0.39 is 16.9 Å². The van der Waals surface area contributed by atoms with Crippen LogP contribution in [0.2, 0.25) is 0 Å². The minimum atomic E-state index is -0.545. The third-order valence-electron chi connectivity index (χ3n) is 4.66. The number of non-ortho nitro benzene ring substituents is 1. The largest absolute Gasteiger partial charge is 0.345 e. The number of rotatable bonds is 6.